The number of ether oxygens (including phenoxy) is 3. The maximum absolute atomic E-state index is 12.2. The molecule has 5 atom stereocenters. The Hall–Kier alpha value is -0.750. The Kier molecular flexibility index (Phi) is 3.34. The summed E-state index contributed by atoms with van der Waals surface area (Å²) in [7, 11) is 1.46. The molecule has 0 aromatic rings. The molecular weight excluding hydrogens is 272 g/mol. The minimum Gasteiger partial charge on any atom is -0.380 e. The number of ketones is 1. The van der Waals surface area contributed by atoms with Crippen LogP contribution in [0.2, 0.25) is 0 Å². The molecule has 0 radical (unpaired) electrons. The van der Waals surface area contributed by atoms with Crippen LogP contribution in [0.1, 0.15) is 40.0 Å². The van der Waals surface area contributed by atoms with Crippen LogP contribution in [0.3, 0.4) is 0 Å². The van der Waals surface area contributed by atoms with Gasteiger partial charge in [-0.05, 0) is 33.6 Å². The zero-order valence-corrected chi connectivity index (χ0v) is 13.1. The number of hydrogen-bond donors (Lipinski definition) is 1. The zero-order valence-electron chi connectivity index (χ0n) is 13.1. The Labute approximate surface area is 125 Å². The Morgan fingerprint density at radius 1 is 1.52 bits per heavy atom. The van der Waals surface area contributed by atoms with Crippen molar-refractivity contribution in [1.82, 2.24) is 0 Å². The van der Waals surface area contributed by atoms with Crippen LogP contribution in [0.25, 0.3) is 0 Å². The highest BCUT2D eigenvalue weighted by Gasteiger charge is 2.81. The van der Waals surface area contributed by atoms with Crippen LogP contribution in [-0.2, 0) is 19.0 Å². The van der Waals surface area contributed by atoms with Crippen molar-refractivity contribution in [3.63, 3.8) is 0 Å². The van der Waals surface area contributed by atoms with Gasteiger partial charge in [-0.1, -0.05) is 11.6 Å². The van der Waals surface area contributed by atoms with Crippen LogP contribution in [0, 0.1) is 0 Å². The molecule has 1 saturated carbocycles. The molecule has 2 aliphatic heterocycles. The summed E-state index contributed by atoms with van der Waals surface area (Å²) in [6, 6.07) is 0. The molecule has 3 rings (SSSR count). The number of carbonyl (C=O) groups excluding carboxylic acids is 1. The van der Waals surface area contributed by atoms with Crippen LogP contribution in [0.5, 0.6) is 0 Å². The summed E-state index contributed by atoms with van der Waals surface area (Å²) in [4.78, 5) is 12.2. The lowest BCUT2D eigenvalue weighted by molar-refractivity contribution is -0.193. The van der Waals surface area contributed by atoms with Gasteiger partial charge >= 0.3 is 0 Å². The van der Waals surface area contributed by atoms with Crippen molar-refractivity contribution in [1.29, 1.82) is 0 Å². The number of rotatable bonds is 4. The molecule has 21 heavy (non-hydrogen) atoms. The SMILES string of the molecule is CO[C@@H]1C(=O)CC[C@@]2(CO2)[C@]1(O)[C@]1(C)O[C@H]1CC=C(C)C. The van der Waals surface area contributed by atoms with E-state index in [0.29, 0.717) is 19.4 Å². The minimum absolute atomic E-state index is 0.0705. The fraction of sp³-hybridized carbons (Fsp3) is 0.812. The maximum Gasteiger partial charge on any atom is 0.164 e. The lowest BCUT2D eigenvalue weighted by Gasteiger charge is -2.45. The largest absolute Gasteiger partial charge is 0.380 e. The van der Waals surface area contributed by atoms with Gasteiger partial charge in [0.2, 0.25) is 0 Å². The van der Waals surface area contributed by atoms with Crippen LogP contribution < -0.4 is 0 Å². The van der Waals surface area contributed by atoms with Gasteiger partial charge in [-0.2, -0.15) is 0 Å². The Balaban J connectivity index is 1.90. The monoisotopic (exact) mass is 296 g/mol. The van der Waals surface area contributed by atoms with E-state index in [9.17, 15) is 9.90 Å². The summed E-state index contributed by atoms with van der Waals surface area (Å²) in [6.07, 6.45) is 2.75. The first-order chi connectivity index (χ1) is 9.81. The van der Waals surface area contributed by atoms with Crippen molar-refractivity contribution in [3.8, 4) is 0 Å². The Morgan fingerprint density at radius 2 is 2.19 bits per heavy atom. The molecule has 2 heterocycles. The second kappa shape index (κ2) is 4.62. The highest BCUT2D eigenvalue weighted by molar-refractivity contribution is 5.87. The second-order valence-electron chi connectivity index (χ2n) is 6.86. The fourth-order valence-corrected chi connectivity index (χ4v) is 3.80. The third kappa shape index (κ3) is 1.95. The first-order valence-corrected chi connectivity index (χ1v) is 7.54. The number of methoxy groups -OCH3 is 1. The number of Topliss-reactive ketones (excluding diaryl/α,β-unsaturated/α-hetero) is 1. The summed E-state index contributed by atoms with van der Waals surface area (Å²) in [6.45, 7) is 6.39. The van der Waals surface area contributed by atoms with Crippen molar-refractivity contribution in [2.75, 3.05) is 13.7 Å². The van der Waals surface area contributed by atoms with Crippen molar-refractivity contribution in [2.24, 2.45) is 0 Å². The van der Waals surface area contributed by atoms with E-state index in [0.717, 1.165) is 6.42 Å². The van der Waals surface area contributed by atoms with E-state index in [1.807, 2.05) is 20.8 Å². The van der Waals surface area contributed by atoms with Crippen LogP contribution >= 0.6 is 0 Å². The number of carbonyl (C=O) groups is 1. The van der Waals surface area contributed by atoms with Gasteiger partial charge in [-0.3, -0.25) is 4.79 Å². The summed E-state index contributed by atoms with van der Waals surface area (Å²) in [5.41, 5.74) is -1.69. The molecule has 1 N–H and O–H groups in total. The lowest BCUT2D eigenvalue weighted by Crippen LogP contribution is -2.69. The molecule has 0 bridgehead atoms. The van der Waals surface area contributed by atoms with Crippen LogP contribution in [0.4, 0.5) is 0 Å². The van der Waals surface area contributed by atoms with Gasteiger partial charge in [0, 0.05) is 13.5 Å². The molecule has 5 heteroatoms. The predicted molar refractivity (Wildman–Crippen MR) is 76.0 cm³/mol. The standard InChI is InChI=1S/C16H24O5/c1-10(2)5-6-12-14(3,21-12)16(18)13(19-4)11(17)7-8-15(16)9-20-15/h5,12-13,18H,6-9H2,1-4H3/t12-,13+,14+,15+,16+/m0/s1. The van der Waals surface area contributed by atoms with Crippen LogP contribution in [0.15, 0.2) is 11.6 Å². The summed E-state index contributed by atoms with van der Waals surface area (Å²) >= 11 is 0. The zero-order chi connectivity index (χ0) is 15.5. The van der Waals surface area contributed by atoms with Gasteiger partial charge < -0.3 is 19.3 Å². The molecule has 5 nitrogen and oxygen atoms in total. The van der Waals surface area contributed by atoms with E-state index >= 15 is 0 Å². The molecular formula is C16H24O5. The van der Waals surface area contributed by atoms with E-state index in [1.54, 1.807) is 0 Å². The average Bonchev–Trinajstić information content (AvgIpc) is 3.31. The van der Waals surface area contributed by atoms with Gasteiger partial charge in [-0.15, -0.1) is 0 Å². The van der Waals surface area contributed by atoms with Crippen molar-refractivity contribution in [3.05, 3.63) is 11.6 Å². The third-order valence-electron chi connectivity index (χ3n) is 5.31. The van der Waals surface area contributed by atoms with Gasteiger partial charge in [0.1, 0.15) is 17.3 Å². The summed E-state index contributed by atoms with van der Waals surface area (Å²) in [5.74, 6) is -0.0705. The highest BCUT2D eigenvalue weighted by Crippen LogP contribution is 2.61. The average molecular weight is 296 g/mol. The molecule has 0 unspecified atom stereocenters. The van der Waals surface area contributed by atoms with Gasteiger partial charge in [0.15, 0.2) is 11.4 Å². The van der Waals surface area contributed by atoms with E-state index in [4.69, 9.17) is 14.2 Å². The van der Waals surface area contributed by atoms with Gasteiger partial charge in [0.05, 0.1) is 12.7 Å². The number of hydrogen-bond acceptors (Lipinski definition) is 5. The minimum atomic E-state index is -1.41. The summed E-state index contributed by atoms with van der Waals surface area (Å²) < 4.78 is 16.8. The van der Waals surface area contributed by atoms with Gasteiger partial charge in [-0.25, -0.2) is 0 Å². The molecule has 3 aliphatic rings. The molecule has 0 amide bonds. The molecule has 1 spiro atoms. The first kappa shape index (κ1) is 15.2. The first-order valence-electron chi connectivity index (χ1n) is 7.54. The molecule has 1 aliphatic carbocycles. The summed E-state index contributed by atoms with van der Waals surface area (Å²) in [5, 5.41) is 11.4. The van der Waals surface area contributed by atoms with E-state index in [-0.39, 0.29) is 11.9 Å². The smallest absolute Gasteiger partial charge is 0.164 e. The van der Waals surface area contributed by atoms with E-state index in [1.165, 1.54) is 12.7 Å². The van der Waals surface area contributed by atoms with Crippen molar-refractivity contribution >= 4 is 5.78 Å². The van der Waals surface area contributed by atoms with Crippen LogP contribution in [-0.4, -0.2) is 53.6 Å². The molecule has 2 saturated heterocycles. The second-order valence-corrected chi connectivity index (χ2v) is 6.86. The third-order valence-corrected chi connectivity index (χ3v) is 5.31. The molecule has 118 valence electrons. The Bertz CT molecular complexity index is 491. The topological polar surface area (TPSA) is 71.6 Å². The molecule has 3 fully saturated rings. The van der Waals surface area contributed by atoms with E-state index < -0.39 is 22.9 Å². The highest BCUT2D eigenvalue weighted by atomic mass is 16.7. The molecule has 0 aromatic carbocycles. The number of aliphatic hydroxyl groups is 1. The lowest BCUT2D eigenvalue weighted by atomic mass is 9.65. The normalized spacial score (nSPS) is 48.3. The predicted octanol–water partition coefficient (Wildman–Crippen LogP) is 1.38. The quantitative estimate of drug-likeness (QED) is 0.627. The maximum atomic E-state index is 12.2. The van der Waals surface area contributed by atoms with Crippen molar-refractivity contribution < 1.29 is 24.1 Å². The number of allylic oxidation sites excluding steroid dienone is 1. The Morgan fingerprint density at radius 3 is 2.71 bits per heavy atom. The van der Waals surface area contributed by atoms with Crippen molar-refractivity contribution in [2.45, 2.75) is 69.0 Å². The number of epoxide rings is 2. The van der Waals surface area contributed by atoms with Gasteiger partial charge in [0.25, 0.3) is 0 Å². The van der Waals surface area contributed by atoms with E-state index in [2.05, 4.69) is 6.08 Å². The fourth-order valence-electron chi connectivity index (χ4n) is 3.80. The molecule has 0 aromatic heterocycles.